The SMILES string of the molecule is CCN(C(=O)c1ccccc1Cc1ccc(C)cc1)[C@H]1COC[C@@H]1O. The minimum absolute atomic E-state index is 0.0419. The van der Waals surface area contributed by atoms with E-state index < -0.39 is 6.10 Å². The van der Waals surface area contributed by atoms with E-state index in [2.05, 4.69) is 31.2 Å². The van der Waals surface area contributed by atoms with E-state index in [1.165, 1.54) is 11.1 Å². The number of hydrogen-bond acceptors (Lipinski definition) is 3. The lowest BCUT2D eigenvalue weighted by molar-refractivity contribution is 0.0519. The van der Waals surface area contributed by atoms with Gasteiger partial charge in [-0.25, -0.2) is 0 Å². The van der Waals surface area contributed by atoms with Crippen molar-refractivity contribution in [3.8, 4) is 0 Å². The van der Waals surface area contributed by atoms with Crippen molar-refractivity contribution in [3.05, 3.63) is 70.8 Å². The molecule has 1 heterocycles. The van der Waals surface area contributed by atoms with E-state index in [1.54, 1.807) is 4.90 Å². The van der Waals surface area contributed by atoms with Gasteiger partial charge in [0, 0.05) is 12.1 Å². The van der Waals surface area contributed by atoms with Gasteiger partial charge in [0.15, 0.2) is 0 Å². The molecule has 3 rings (SSSR count). The van der Waals surface area contributed by atoms with Crippen LogP contribution in [0.4, 0.5) is 0 Å². The maximum Gasteiger partial charge on any atom is 0.254 e. The maximum absolute atomic E-state index is 13.1. The van der Waals surface area contributed by atoms with Crippen LogP contribution >= 0.6 is 0 Å². The number of nitrogens with zero attached hydrogens (tertiary/aromatic N) is 1. The van der Waals surface area contributed by atoms with E-state index in [-0.39, 0.29) is 11.9 Å². The molecule has 1 amide bonds. The zero-order chi connectivity index (χ0) is 17.8. The topological polar surface area (TPSA) is 49.8 Å². The Balaban J connectivity index is 1.86. The van der Waals surface area contributed by atoms with Gasteiger partial charge >= 0.3 is 0 Å². The third-order valence-corrected chi connectivity index (χ3v) is 4.79. The summed E-state index contributed by atoms with van der Waals surface area (Å²) in [4.78, 5) is 14.9. The summed E-state index contributed by atoms with van der Waals surface area (Å²) in [6, 6.07) is 15.8. The van der Waals surface area contributed by atoms with Crippen molar-refractivity contribution in [1.82, 2.24) is 4.90 Å². The number of aliphatic hydroxyl groups excluding tert-OH is 1. The molecule has 1 saturated heterocycles. The summed E-state index contributed by atoms with van der Waals surface area (Å²) >= 11 is 0. The number of amides is 1. The monoisotopic (exact) mass is 339 g/mol. The summed E-state index contributed by atoms with van der Waals surface area (Å²) in [5.41, 5.74) is 4.10. The van der Waals surface area contributed by atoms with E-state index in [1.807, 2.05) is 31.2 Å². The van der Waals surface area contributed by atoms with Crippen LogP contribution in [-0.2, 0) is 11.2 Å². The molecule has 0 spiro atoms. The van der Waals surface area contributed by atoms with Crippen LogP contribution < -0.4 is 0 Å². The minimum Gasteiger partial charge on any atom is -0.388 e. The second-order valence-corrected chi connectivity index (χ2v) is 6.58. The van der Waals surface area contributed by atoms with Crippen molar-refractivity contribution in [2.45, 2.75) is 32.4 Å². The van der Waals surface area contributed by atoms with Crippen LogP contribution in [0.2, 0.25) is 0 Å². The van der Waals surface area contributed by atoms with Crippen LogP contribution in [0, 0.1) is 6.92 Å². The Labute approximate surface area is 149 Å². The number of benzene rings is 2. The summed E-state index contributed by atoms with van der Waals surface area (Å²) in [6.07, 6.45) is 0.0943. The molecule has 4 heteroatoms. The van der Waals surface area contributed by atoms with Crippen LogP contribution in [0.5, 0.6) is 0 Å². The summed E-state index contributed by atoms with van der Waals surface area (Å²) < 4.78 is 5.33. The van der Waals surface area contributed by atoms with Crippen molar-refractivity contribution in [2.75, 3.05) is 19.8 Å². The number of aliphatic hydroxyl groups is 1. The van der Waals surface area contributed by atoms with E-state index >= 15 is 0 Å². The number of carbonyl (C=O) groups excluding carboxylic acids is 1. The fraction of sp³-hybridized carbons (Fsp3) is 0.381. The van der Waals surface area contributed by atoms with Gasteiger partial charge in [-0.3, -0.25) is 4.79 Å². The molecule has 2 aromatic carbocycles. The molecule has 25 heavy (non-hydrogen) atoms. The van der Waals surface area contributed by atoms with Gasteiger partial charge in [0.25, 0.3) is 5.91 Å². The molecule has 0 aromatic heterocycles. The smallest absolute Gasteiger partial charge is 0.254 e. The Morgan fingerprint density at radius 2 is 1.88 bits per heavy atom. The van der Waals surface area contributed by atoms with E-state index in [9.17, 15) is 9.90 Å². The highest BCUT2D eigenvalue weighted by Crippen LogP contribution is 2.21. The first kappa shape index (κ1) is 17.6. The van der Waals surface area contributed by atoms with Gasteiger partial charge in [0.05, 0.1) is 25.4 Å². The molecule has 0 aliphatic carbocycles. The van der Waals surface area contributed by atoms with Gasteiger partial charge < -0.3 is 14.7 Å². The molecule has 4 nitrogen and oxygen atoms in total. The number of aryl methyl sites for hydroxylation is 1. The average Bonchev–Trinajstić information content (AvgIpc) is 3.04. The Kier molecular flexibility index (Phi) is 5.51. The average molecular weight is 339 g/mol. The number of carbonyl (C=O) groups is 1. The minimum atomic E-state index is -0.617. The van der Waals surface area contributed by atoms with Crippen molar-refractivity contribution in [3.63, 3.8) is 0 Å². The number of hydrogen-bond donors (Lipinski definition) is 1. The van der Waals surface area contributed by atoms with Gasteiger partial charge in [0.2, 0.25) is 0 Å². The Morgan fingerprint density at radius 3 is 2.52 bits per heavy atom. The van der Waals surface area contributed by atoms with Gasteiger partial charge in [-0.05, 0) is 37.5 Å². The normalized spacial score (nSPS) is 19.8. The number of rotatable bonds is 5. The summed E-state index contributed by atoms with van der Waals surface area (Å²) in [7, 11) is 0. The standard InChI is InChI=1S/C21H25NO3/c1-3-22(19-13-25-14-20(19)23)21(24)18-7-5-4-6-17(18)12-16-10-8-15(2)9-11-16/h4-11,19-20,23H,3,12-14H2,1-2H3/t19-,20-/m0/s1. The summed E-state index contributed by atoms with van der Waals surface area (Å²) in [5, 5.41) is 10.1. The van der Waals surface area contributed by atoms with Gasteiger partial charge in [-0.2, -0.15) is 0 Å². The van der Waals surface area contributed by atoms with Gasteiger partial charge in [-0.15, -0.1) is 0 Å². The lowest BCUT2D eigenvalue weighted by Crippen LogP contribution is -2.46. The third kappa shape index (κ3) is 3.91. The highest BCUT2D eigenvalue weighted by Gasteiger charge is 2.34. The fourth-order valence-corrected chi connectivity index (χ4v) is 3.32. The predicted molar refractivity (Wildman–Crippen MR) is 97.8 cm³/mol. The Bertz CT molecular complexity index is 726. The molecular weight excluding hydrogens is 314 g/mol. The molecule has 0 bridgehead atoms. The van der Waals surface area contributed by atoms with E-state index in [0.29, 0.717) is 31.7 Å². The van der Waals surface area contributed by atoms with Crippen LogP contribution in [-0.4, -0.2) is 47.8 Å². The Hall–Kier alpha value is -2.17. The fourth-order valence-electron chi connectivity index (χ4n) is 3.32. The molecule has 132 valence electrons. The van der Waals surface area contributed by atoms with E-state index in [4.69, 9.17) is 4.74 Å². The second kappa shape index (κ2) is 7.81. The summed E-state index contributed by atoms with van der Waals surface area (Å²) in [6.45, 7) is 5.23. The highest BCUT2D eigenvalue weighted by molar-refractivity contribution is 5.96. The molecular formula is C21H25NO3. The lowest BCUT2D eigenvalue weighted by atomic mass is 9.97. The molecule has 1 aliphatic rings. The molecule has 0 radical (unpaired) electrons. The molecule has 1 aliphatic heterocycles. The highest BCUT2D eigenvalue weighted by atomic mass is 16.5. The zero-order valence-corrected chi connectivity index (χ0v) is 14.8. The van der Waals surface area contributed by atoms with Crippen molar-refractivity contribution in [1.29, 1.82) is 0 Å². The second-order valence-electron chi connectivity index (χ2n) is 6.58. The quantitative estimate of drug-likeness (QED) is 0.911. The third-order valence-electron chi connectivity index (χ3n) is 4.79. The van der Waals surface area contributed by atoms with Crippen molar-refractivity contribution >= 4 is 5.91 Å². The Morgan fingerprint density at radius 1 is 1.16 bits per heavy atom. The van der Waals surface area contributed by atoms with Crippen molar-refractivity contribution < 1.29 is 14.6 Å². The molecule has 1 fully saturated rings. The zero-order valence-electron chi connectivity index (χ0n) is 14.8. The van der Waals surface area contributed by atoms with Crippen LogP contribution in [0.3, 0.4) is 0 Å². The van der Waals surface area contributed by atoms with Gasteiger partial charge in [0.1, 0.15) is 0 Å². The first-order valence-corrected chi connectivity index (χ1v) is 8.80. The first-order valence-electron chi connectivity index (χ1n) is 8.80. The number of likely N-dealkylation sites (N-methyl/N-ethyl adjacent to an activating group) is 1. The van der Waals surface area contributed by atoms with E-state index in [0.717, 1.165) is 5.56 Å². The molecule has 2 atom stereocenters. The lowest BCUT2D eigenvalue weighted by Gasteiger charge is -2.29. The van der Waals surface area contributed by atoms with Crippen LogP contribution in [0.15, 0.2) is 48.5 Å². The summed E-state index contributed by atoms with van der Waals surface area (Å²) in [5.74, 6) is -0.0419. The van der Waals surface area contributed by atoms with Crippen LogP contribution in [0.25, 0.3) is 0 Å². The molecule has 2 aromatic rings. The maximum atomic E-state index is 13.1. The molecule has 0 unspecified atom stereocenters. The largest absolute Gasteiger partial charge is 0.388 e. The first-order chi connectivity index (χ1) is 12.1. The van der Waals surface area contributed by atoms with Crippen molar-refractivity contribution in [2.24, 2.45) is 0 Å². The van der Waals surface area contributed by atoms with Gasteiger partial charge in [-0.1, -0.05) is 48.0 Å². The molecule has 1 N–H and O–H groups in total. The molecule has 0 saturated carbocycles. The number of ether oxygens (including phenoxy) is 1. The van der Waals surface area contributed by atoms with Crippen LogP contribution in [0.1, 0.15) is 34.0 Å². The predicted octanol–water partition coefficient (Wildman–Crippen LogP) is 2.81.